The molecule has 0 amide bonds. The first-order valence-corrected chi connectivity index (χ1v) is 8.45. The lowest BCUT2D eigenvalue weighted by Gasteiger charge is -2.28. The minimum atomic E-state index is -0.0171. The molecule has 0 aliphatic carbocycles. The molecule has 4 nitrogen and oxygen atoms in total. The van der Waals surface area contributed by atoms with Crippen LogP contribution in [0.3, 0.4) is 0 Å². The normalized spacial score (nSPS) is 12.6. The summed E-state index contributed by atoms with van der Waals surface area (Å²) in [6, 6.07) is 5.64. The summed E-state index contributed by atoms with van der Waals surface area (Å²) in [5.41, 5.74) is 6.91. The molecule has 0 fully saturated rings. The van der Waals surface area contributed by atoms with Crippen molar-refractivity contribution in [1.29, 1.82) is 0 Å². The van der Waals surface area contributed by atoms with Crippen LogP contribution < -0.4 is 10.5 Å². The lowest BCUT2D eigenvalue weighted by atomic mass is 10.0. The molecule has 0 heterocycles. The third-order valence-corrected chi connectivity index (χ3v) is 4.03. The van der Waals surface area contributed by atoms with Crippen LogP contribution in [0, 0.1) is 0 Å². The molecular formula is C17H29ClN2O2. The second kappa shape index (κ2) is 10.8. The van der Waals surface area contributed by atoms with Gasteiger partial charge in [-0.15, -0.1) is 0 Å². The smallest absolute Gasteiger partial charge is 0.124 e. The van der Waals surface area contributed by atoms with Gasteiger partial charge < -0.3 is 15.6 Å². The molecule has 1 unspecified atom stereocenters. The summed E-state index contributed by atoms with van der Waals surface area (Å²) in [5, 5.41) is 9.81. The minimum absolute atomic E-state index is 0.0171. The van der Waals surface area contributed by atoms with Gasteiger partial charge in [-0.2, -0.15) is 0 Å². The fraction of sp³-hybridized carbons (Fsp3) is 0.647. The van der Waals surface area contributed by atoms with Crippen molar-refractivity contribution in [2.45, 2.75) is 38.6 Å². The molecule has 1 aromatic rings. The van der Waals surface area contributed by atoms with Crippen LogP contribution in [-0.4, -0.2) is 43.4 Å². The van der Waals surface area contributed by atoms with E-state index in [-0.39, 0.29) is 12.6 Å². The summed E-state index contributed by atoms with van der Waals surface area (Å²) in [4.78, 5) is 2.02. The van der Waals surface area contributed by atoms with E-state index in [1.807, 2.05) is 30.1 Å². The molecule has 0 radical (unpaired) electrons. The number of rotatable bonds is 11. The maximum Gasteiger partial charge on any atom is 0.124 e. The highest BCUT2D eigenvalue weighted by molar-refractivity contribution is 6.30. The Kier molecular flexibility index (Phi) is 9.48. The van der Waals surface area contributed by atoms with Crippen LogP contribution in [0.4, 0.5) is 0 Å². The molecule has 1 rings (SSSR count). The van der Waals surface area contributed by atoms with Gasteiger partial charge in [0.1, 0.15) is 5.75 Å². The second-order valence-electron chi connectivity index (χ2n) is 5.55. The van der Waals surface area contributed by atoms with Gasteiger partial charge in [-0.05, 0) is 31.7 Å². The van der Waals surface area contributed by atoms with Gasteiger partial charge in [0.2, 0.25) is 0 Å². The van der Waals surface area contributed by atoms with Crippen molar-refractivity contribution < 1.29 is 9.84 Å². The fourth-order valence-corrected chi connectivity index (χ4v) is 2.66. The van der Waals surface area contributed by atoms with Gasteiger partial charge in [-0.1, -0.05) is 37.8 Å². The zero-order chi connectivity index (χ0) is 16.4. The molecular weight excluding hydrogens is 300 g/mol. The van der Waals surface area contributed by atoms with E-state index in [0.29, 0.717) is 24.7 Å². The van der Waals surface area contributed by atoms with Crippen LogP contribution in [0.5, 0.6) is 5.75 Å². The fourth-order valence-electron chi connectivity index (χ4n) is 2.48. The van der Waals surface area contributed by atoms with Crippen molar-refractivity contribution in [2.24, 2.45) is 5.73 Å². The van der Waals surface area contributed by atoms with Crippen molar-refractivity contribution >= 4 is 11.6 Å². The third kappa shape index (κ3) is 6.13. The number of hydrogen-bond acceptors (Lipinski definition) is 4. The Balaban J connectivity index is 2.79. The summed E-state index contributed by atoms with van der Waals surface area (Å²) in [7, 11) is 1.94. The number of unbranched alkanes of at least 4 members (excludes halogenated alkanes) is 3. The largest absolute Gasteiger partial charge is 0.493 e. The molecule has 1 atom stereocenters. The zero-order valence-electron chi connectivity index (χ0n) is 13.7. The number of aliphatic hydroxyl groups excluding tert-OH is 1. The Bertz CT molecular complexity index is 429. The van der Waals surface area contributed by atoms with Crippen molar-refractivity contribution in [3.63, 3.8) is 0 Å². The van der Waals surface area contributed by atoms with Crippen molar-refractivity contribution in [2.75, 3.05) is 33.4 Å². The number of nitrogens with two attached hydrogens (primary N) is 1. The predicted octanol–water partition coefficient (Wildman–Crippen LogP) is 3.22. The lowest BCUT2D eigenvalue weighted by Crippen LogP contribution is -2.33. The Morgan fingerprint density at radius 1 is 1.32 bits per heavy atom. The number of halogens is 1. The molecule has 22 heavy (non-hydrogen) atoms. The first-order valence-electron chi connectivity index (χ1n) is 8.07. The molecule has 1 aromatic carbocycles. The summed E-state index contributed by atoms with van der Waals surface area (Å²) in [6.45, 7) is 4.00. The van der Waals surface area contributed by atoms with Gasteiger partial charge in [0.25, 0.3) is 0 Å². The van der Waals surface area contributed by atoms with E-state index in [1.54, 1.807) is 0 Å². The monoisotopic (exact) mass is 328 g/mol. The topological polar surface area (TPSA) is 58.7 Å². The Hall–Kier alpha value is -0.810. The summed E-state index contributed by atoms with van der Waals surface area (Å²) < 4.78 is 5.95. The SMILES string of the molecule is CCCCCCOc1ccc(Cl)cc1C(CN)N(C)CCO. The number of benzene rings is 1. The third-order valence-electron chi connectivity index (χ3n) is 3.79. The molecule has 5 heteroatoms. The van der Waals surface area contributed by atoms with Gasteiger partial charge in [-0.25, -0.2) is 0 Å². The molecule has 3 N–H and O–H groups in total. The molecule has 0 aliphatic heterocycles. The van der Waals surface area contributed by atoms with Crippen molar-refractivity contribution in [3.05, 3.63) is 28.8 Å². The Labute approximate surface area is 139 Å². The molecule has 0 bridgehead atoms. The van der Waals surface area contributed by atoms with Gasteiger partial charge in [0.15, 0.2) is 0 Å². The molecule has 0 aliphatic rings. The van der Waals surface area contributed by atoms with Crippen LogP contribution in [0.15, 0.2) is 18.2 Å². The molecule has 126 valence electrons. The summed E-state index contributed by atoms with van der Waals surface area (Å²) >= 11 is 6.14. The first-order chi connectivity index (χ1) is 10.6. The maximum atomic E-state index is 9.14. The van der Waals surface area contributed by atoms with Gasteiger partial charge >= 0.3 is 0 Å². The van der Waals surface area contributed by atoms with Crippen LogP contribution >= 0.6 is 11.6 Å². The van der Waals surface area contributed by atoms with Gasteiger partial charge in [0, 0.05) is 23.7 Å². The van der Waals surface area contributed by atoms with Crippen LogP contribution in [0.1, 0.15) is 44.2 Å². The Morgan fingerprint density at radius 3 is 2.73 bits per heavy atom. The minimum Gasteiger partial charge on any atom is -0.493 e. The maximum absolute atomic E-state index is 9.14. The quantitative estimate of drug-likeness (QED) is 0.612. The molecule has 0 aromatic heterocycles. The highest BCUT2D eigenvalue weighted by atomic mass is 35.5. The Morgan fingerprint density at radius 2 is 2.09 bits per heavy atom. The van der Waals surface area contributed by atoms with E-state index >= 15 is 0 Å². The predicted molar refractivity (Wildman–Crippen MR) is 92.6 cm³/mol. The number of nitrogens with zero attached hydrogens (tertiary/aromatic N) is 1. The number of hydrogen-bond donors (Lipinski definition) is 2. The van der Waals surface area contributed by atoms with Crippen LogP contribution in [-0.2, 0) is 0 Å². The molecule has 0 saturated carbocycles. The van der Waals surface area contributed by atoms with Crippen molar-refractivity contribution in [3.8, 4) is 5.75 Å². The number of ether oxygens (including phenoxy) is 1. The molecule has 0 saturated heterocycles. The number of likely N-dealkylation sites (N-methyl/N-ethyl adjacent to an activating group) is 1. The van der Waals surface area contributed by atoms with E-state index in [1.165, 1.54) is 19.3 Å². The second-order valence-corrected chi connectivity index (χ2v) is 5.98. The van der Waals surface area contributed by atoms with Crippen molar-refractivity contribution in [1.82, 2.24) is 4.90 Å². The van der Waals surface area contributed by atoms with E-state index in [4.69, 9.17) is 27.2 Å². The summed E-state index contributed by atoms with van der Waals surface area (Å²) in [6.07, 6.45) is 4.69. The van der Waals surface area contributed by atoms with Gasteiger partial charge in [0.05, 0.1) is 19.3 Å². The average molecular weight is 329 g/mol. The van der Waals surface area contributed by atoms with Crippen LogP contribution in [0.25, 0.3) is 0 Å². The summed E-state index contributed by atoms with van der Waals surface area (Å²) in [5.74, 6) is 0.834. The zero-order valence-corrected chi connectivity index (χ0v) is 14.5. The molecule has 0 spiro atoms. The van der Waals surface area contributed by atoms with E-state index in [9.17, 15) is 0 Å². The van der Waals surface area contributed by atoms with Gasteiger partial charge in [-0.3, -0.25) is 4.90 Å². The van der Waals surface area contributed by atoms with E-state index in [2.05, 4.69) is 6.92 Å². The highest BCUT2D eigenvalue weighted by Gasteiger charge is 2.19. The average Bonchev–Trinajstić information content (AvgIpc) is 2.50. The van der Waals surface area contributed by atoms with Crippen LogP contribution in [0.2, 0.25) is 5.02 Å². The van der Waals surface area contributed by atoms with E-state index in [0.717, 1.165) is 17.7 Å². The standard InChI is InChI=1S/C17H29ClN2O2/c1-3-4-5-6-11-22-17-8-7-14(18)12-15(17)16(13-19)20(2)9-10-21/h7-8,12,16,21H,3-6,9-11,13,19H2,1-2H3. The first kappa shape index (κ1) is 19.2. The highest BCUT2D eigenvalue weighted by Crippen LogP contribution is 2.31. The lowest BCUT2D eigenvalue weighted by molar-refractivity contribution is 0.180. The number of aliphatic hydroxyl groups is 1. The van der Waals surface area contributed by atoms with E-state index < -0.39 is 0 Å².